The Kier molecular flexibility index (Phi) is 3.42. The van der Waals surface area contributed by atoms with Gasteiger partial charge in [-0.1, -0.05) is 29.3 Å². The van der Waals surface area contributed by atoms with E-state index in [-0.39, 0.29) is 0 Å². The Bertz CT molecular complexity index is 332. The summed E-state index contributed by atoms with van der Waals surface area (Å²) in [6, 6.07) is 3.65. The number of aryl methyl sites for hydroxylation is 2. The molecule has 1 rings (SSSR count). The highest BCUT2D eigenvalue weighted by Crippen LogP contribution is 2.29. The van der Waals surface area contributed by atoms with Gasteiger partial charge in [0.15, 0.2) is 0 Å². The van der Waals surface area contributed by atoms with Gasteiger partial charge in [0.1, 0.15) is 6.61 Å². The van der Waals surface area contributed by atoms with Gasteiger partial charge in [0, 0.05) is 0 Å². The summed E-state index contributed by atoms with van der Waals surface area (Å²) in [5.41, 5.74) is 7.53. The number of hydrogen-bond acceptors (Lipinski definition) is 2. The van der Waals surface area contributed by atoms with Gasteiger partial charge < -0.3 is 10.8 Å². The van der Waals surface area contributed by atoms with Gasteiger partial charge in [-0.2, -0.15) is 0 Å². The number of alkyl halides is 2. The highest BCUT2D eigenvalue weighted by molar-refractivity contribution is 5.31. The second-order valence-corrected chi connectivity index (χ2v) is 3.82. The lowest BCUT2D eigenvalue weighted by Gasteiger charge is -2.22. The maximum atomic E-state index is 13.1. The number of halogens is 2. The lowest BCUT2D eigenvalue weighted by atomic mass is 9.98. The fourth-order valence-corrected chi connectivity index (χ4v) is 1.53. The van der Waals surface area contributed by atoms with Crippen LogP contribution in [0.2, 0.25) is 0 Å². The molecule has 3 N–H and O–H groups in total. The minimum absolute atomic E-state index is 0.353. The Morgan fingerprint density at radius 1 is 1.27 bits per heavy atom. The first-order valence-corrected chi connectivity index (χ1v) is 4.69. The van der Waals surface area contributed by atoms with Crippen molar-refractivity contribution in [2.45, 2.75) is 25.8 Å². The largest absolute Gasteiger partial charge is 0.390 e. The second kappa shape index (κ2) is 4.24. The van der Waals surface area contributed by atoms with Crippen LogP contribution in [-0.4, -0.2) is 17.6 Å². The van der Waals surface area contributed by atoms with E-state index >= 15 is 0 Å². The average molecular weight is 215 g/mol. The van der Waals surface area contributed by atoms with Gasteiger partial charge in [-0.25, -0.2) is 8.78 Å². The molecule has 84 valence electrons. The van der Waals surface area contributed by atoms with Gasteiger partial charge in [0.2, 0.25) is 0 Å². The molecule has 1 atom stereocenters. The van der Waals surface area contributed by atoms with Crippen LogP contribution < -0.4 is 5.73 Å². The molecule has 4 heteroatoms. The monoisotopic (exact) mass is 215 g/mol. The number of nitrogens with two attached hydrogens (primary N) is 1. The van der Waals surface area contributed by atoms with E-state index in [0.29, 0.717) is 5.56 Å². The van der Waals surface area contributed by atoms with Crippen molar-refractivity contribution in [3.05, 3.63) is 34.9 Å². The van der Waals surface area contributed by atoms with Gasteiger partial charge in [0.25, 0.3) is 5.92 Å². The fourth-order valence-electron chi connectivity index (χ4n) is 1.53. The van der Waals surface area contributed by atoms with E-state index in [1.54, 1.807) is 12.1 Å². The van der Waals surface area contributed by atoms with Crippen molar-refractivity contribution in [1.29, 1.82) is 0 Å². The van der Waals surface area contributed by atoms with Crippen LogP contribution in [0.4, 0.5) is 8.78 Å². The molecular weight excluding hydrogens is 200 g/mol. The van der Waals surface area contributed by atoms with Gasteiger partial charge >= 0.3 is 0 Å². The zero-order valence-corrected chi connectivity index (χ0v) is 8.80. The lowest BCUT2D eigenvalue weighted by Crippen LogP contribution is -2.36. The molecule has 0 spiro atoms. The molecule has 0 aromatic heterocycles. The molecule has 15 heavy (non-hydrogen) atoms. The van der Waals surface area contributed by atoms with Crippen molar-refractivity contribution in [2.75, 3.05) is 6.61 Å². The molecule has 1 aromatic carbocycles. The van der Waals surface area contributed by atoms with Crippen LogP contribution in [0.5, 0.6) is 0 Å². The van der Waals surface area contributed by atoms with Gasteiger partial charge in [-0.3, -0.25) is 0 Å². The summed E-state index contributed by atoms with van der Waals surface area (Å²) in [7, 11) is 0. The first kappa shape index (κ1) is 12.1. The molecule has 0 radical (unpaired) electrons. The first-order chi connectivity index (χ1) is 6.86. The maximum absolute atomic E-state index is 13.1. The van der Waals surface area contributed by atoms with E-state index in [1.165, 1.54) is 0 Å². The summed E-state index contributed by atoms with van der Waals surface area (Å²) < 4.78 is 26.2. The molecular formula is C11H15F2NO. The Labute approximate surface area is 87.7 Å². The van der Waals surface area contributed by atoms with Crippen molar-refractivity contribution in [2.24, 2.45) is 5.73 Å². The van der Waals surface area contributed by atoms with E-state index in [1.807, 2.05) is 19.9 Å². The predicted octanol–water partition coefficient (Wildman–Crippen LogP) is 1.93. The molecule has 0 aliphatic heterocycles. The van der Waals surface area contributed by atoms with E-state index in [4.69, 9.17) is 10.8 Å². The van der Waals surface area contributed by atoms with Crippen molar-refractivity contribution in [3.63, 3.8) is 0 Å². The number of aliphatic hydroxyl groups excluding tert-OH is 1. The Morgan fingerprint density at radius 3 is 2.13 bits per heavy atom. The topological polar surface area (TPSA) is 46.2 Å². The Hall–Kier alpha value is -1.00. The van der Waals surface area contributed by atoms with Crippen LogP contribution in [0.3, 0.4) is 0 Å². The third-order valence-electron chi connectivity index (χ3n) is 2.27. The Morgan fingerprint density at radius 2 is 1.73 bits per heavy atom. The summed E-state index contributed by atoms with van der Waals surface area (Å²) >= 11 is 0. The van der Waals surface area contributed by atoms with Gasteiger partial charge in [0.05, 0.1) is 6.04 Å². The molecule has 0 heterocycles. The molecule has 2 nitrogen and oxygen atoms in total. The molecule has 0 saturated carbocycles. The van der Waals surface area contributed by atoms with Crippen LogP contribution in [-0.2, 0) is 0 Å². The number of rotatable bonds is 3. The second-order valence-electron chi connectivity index (χ2n) is 3.82. The van der Waals surface area contributed by atoms with Crippen molar-refractivity contribution in [1.82, 2.24) is 0 Å². The number of benzene rings is 1. The lowest BCUT2D eigenvalue weighted by molar-refractivity contribution is -0.0711. The minimum Gasteiger partial charge on any atom is -0.390 e. The molecule has 1 aromatic rings. The molecule has 0 aliphatic carbocycles. The van der Waals surface area contributed by atoms with Crippen molar-refractivity contribution in [3.8, 4) is 0 Å². The van der Waals surface area contributed by atoms with Crippen molar-refractivity contribution < 1.29 is 13.9 Å². The number of hydrogen-bond donors (Lipinski definition) is 2. The molecule has 0 unspecified atom stereocenters. The van der Waals surface area contributed by atoms with E-state index in [0.717, 1.165) is 11.1 Å². The van der Waals surface area contributed by atoms with E-state index < -0.39 is 18.6 Å². The summed E-state index contributed by atoms with van der Waals surface area (Å²) in [6.45, 7) is 2.40. The van der Waals surface area contributed by atoms with Crippen LogP contribution in [0.15, 0.2) is 18.2 Å². The fraction of sp³-hybridized carbons (Fsp3) is 0.455. The van der Waals surface area contributed by atoms with Gasteiger partial charge in [-0.15, -0.1) is 0 Å². The van der Waals surface area contributed by atoms with Crippen LogP contribution in [0, 0.1) is 13.8 Å². The third-order valence-corrected chi connectivity index (χ3v) is 2.27. The first-order valence-electron chi connectivity index (χ1n) is 4.69. The predicted molar refractivity (Wildman–Crippen MR) is 54.9 cm³/mol. The molecule has 0 aliphatic rings. The quantitative estimate of drug-likeness (QED) is 0.809. The highest BCUT2D eigenvalue weighted by atomic mass is 19.3. The standard InChI is InChI=1S/C11H15F2NO/c1-7-3-8(2)5-9(4-7)10(14)11(12,13)6-15/h3-5,10,15H,6,14H2,1-2H3/t10-/m1/s1. The van der Waals surface area contributed by atoms with Crippen LogP contribution in [0.1, 0.15) is 22.7 Å². The minimum atomic E-state index is -3.28. The summed E-state index contributed by atoms with van der Waals surface area (Å²) in [5.74, 6) is -3.28. The van der Waals surface area contributed by atoms with Gasteiger partial charge in [-0.05, 0) is 19.4 Å². The third kappa shape index (κ3) is 2.73. The van der Waals surface area contributed by atoms with Crippen LogP contribution in [0.25, 0.3) is 0 Å². The summed E-state index contributed by atoms with van der Waals surface area (Å²) in [5, 5.41) is 8.53. The summed E-state index contributed by atoms with van der Waals surface area (Å²) in [6.07, 6.45) is 0. The van der Waals surface area contributed by atoms with E-state index in [2.05, 4.69) is 0 Å². The maximum Gasteiger partial charge on any atom is 0.289 e. The molecule has 0 saturated heterocycles. The van der Waals surface area contributed by atoms with Crippen molar-refractivity contribution >= 4 is 0 Å². The zero-order valence-electron chi connectivity index (χ0n) is 8.80. The number of aliphatic hydroxyl groups is 1. The summed E-state index contributed by atoms with van der Waals surface area (Å²) in [4.78, 5) is 0. The average Bonchev–Trinajstić information content (AvgIpc) is 2.15. The van der Waals surface area contributed by atoms with E-state index in [9.17, 15) is 8.78 Å². The molecule has 0 amide bonds. The molecule has 0 fully saturated rings. The normalized spacial score (nSPS) is 14.0. The zero-order chi connectivity index (χ0) is 11.6. The smallest absolute Gasteiger partial charge is 0.289 e. The molecule has 0 bridgehead atoms. The van der Waals surface area contributed by atoms with Crippen LogP contribution >= 0.6 is 0 Å². The SMILES string of the molecule is Cc1cc(C)cc([C@@H](N)C(F)(F)CO)c1. The highest BCUT2D eigenvalue weighted by Gasteiger charge is 2.37. The Balaban J connectivity index is 3.06.